The summed E-state index contributed by atoms with van der Waals surface area (Å²) in [6, 6.07) is 0. The van der Waals surface area contributed by atoms with Gasteiger partial charge in [-0.25, -0.2) is 0 Å². The van der Waals surface area contributed by atoms with E-state index >= 15 is 0 Å². The van der Waals surface area contributed by atoms with Crippen LogP contribution in [0.2, 0.25) is 0 Å². The van der Waals surface area contributed by atoms with Gasteiger partial charge in [0, 0.05) is 26.0 Å². The molecule has 0 fully saturated rings. The van der Waals surface area contributed by atoms with Gasteiger partial charge in [0.05, 0.1) is 11.8 Å². The fourth-order valence-corrected chi connectivity index (χ4v) is 2.54. The molecule has 0 amide bonds. The van der Waals surface area contributed by atoms with Crippen LogP contribution in [0.1, 0.15) is 71.1 Å². The van der Waals surface area contributed by atoms with Gasteiger partial charge in [-0.1, -0.05) is 64.7 Å². The molecule has 0 N–H and O–H groups in total. The maximum absolute atomic E-state index is 8.25. The SMILES string of the molecule is CCCCCCCCCCCCN1C=CN(C)C1.O=[N+]([O-])[O-].[Na+]. The van der Waals surface area contributed by atoms with Gasteiger partial charge in [-0.3, -0.25) is 0 Å². The minimum Gasteiger partial charge on any atom is -0.362 e. The molecule has 0 unspecified atom stereocenters. The monoisotopic (exact) mass is 337 g/mol. The number of hydrogen-bond donors (Lipinski definition) is 0. The molecule has 0 bridgehead atoms. The third kappa shape index (κ3) is 19.5. The first-order valence-corrected chi connectivity index (χ1v) is 8.50. The summed E-state index contributed by atoms with van der Waals surface area (Å²) >= 11 is 0. The number of rotatable bonds is 11. The second-order valence-corrected chi connectivity index (χ2v) is 5.91. The van der Waals surface area contributed by atoms with Crippen molar-refractivity contribution >= 4 is 0 Å². The van der Waals surface area contributed by atoms with Crippen LogP contribution in [0.25, 0.3) is 0 Å². The molecule has 1 heterocycles. The largest absolute Gasteiger partial charge is 1.00 e. The zero-order valence-corrected chi connectivity index (χ0v) is 17.2. The van der Waals surface area contributed by atoms with Crippen LogP contribution in [0, 0.1) is 15.3 Å². The summed E-state index contributed by atoms with van der Waals surface area (Å²) in [5.74, 6) is 0. The Labute approximate surface area is 163 Å². The average molecular weight is 337 g/mol. The molecule has 0 radical (unpaired) electrons. The van der Waals surface area contributed by atoms with Gasteiger partial charge in [0.1, 0.15) is 0 Å². The van der Waals surface area contributed by atoms with E-state index in [0.717, 1.165) is 6.67 Å². The van der Waals surface area contributed by atoms with E-state index in [4.69, 9.17) is 15.3 Å². The number of unbranched alkanes of at least 4 members (excludes halogenated alkanes) is 9. The summed E-state index contributed by atoms with van der Waals surface area (Å²) < 4.78 is 0. The van der Waals surface area contributed by atoms with Crippen molar-refractivity contribution in [3.63, 3.8) is 0 Å². The molecular weight excluding hydrogens is 305 g/mol. The zero-order chi connectivity index (χ0) is 16.6. The van der Waals surface area contributed by atoms with E-state index in [-0.39, 0.29) is 29.6 Å². The van der Waals surface area contributed by atoms with E-state index in [9.17, 15) is 0 Å². The molecule has 0 aliphatic carbocycles. The van der Waals surface area contributed by atoms with Crippen LogP contribution in [0.4, 0.5) is 0 Å². The van der Waals surface area contributed by atoms with Crippen molar-refractivity contribution in [3.05, 3.63) is 27.7 Å². The third-order valence-corrected chi connectivity index (χ3v) is 3.74. The van der Waals surface area contributed by atoms with Crippen molar-refractivity contribution in [3.8, 4) is 0 Å². The topological polar surface area (TPSA) is 72.7 Å². The maximum Gasteiger partial charge on any atom is 1.00 e. The van der Waals surface area contributed by atoms with Crippen molar-refractivity contribution in [1.29, 1.82) is 0 Å². The van der Waals surface area contributed by atoms with Gasteiger partial charge in [0.2, 0.25) is 0 Å². The molecule has 23 heavy (non-hydrogen) atoms. The van der Waals surface area contributed by atoms with Gasteiger partial charge in [-0.15, -0.1) is 0 Å². The smallest absolute Gasteiger partial charge is 0.362 e. The summed E-state index contributed by atoms with van der Waals surface area (Å²) in [5.41, 5.74) is 0. The summed E-state index contributed by atoms with van der Waals surface area (Å²) in [6.07, 6.45) is 18.6. The summed E-state index contributed by atoms with van der Waals surface area (Å²) in [4.78, 5) is 12.9. The summed E-state index contributed by atoms with van der Waals surface area (Å²) in [5, 5.41) is 14.8. The number of nitrogens with zero attached hydrogens (tertiary/aromatic N) is 3. The van der Waals surface area contributed by atoms with E-state index in [2.05, 4.69) is 36.2 Å². The first-order valence-electron chi connectivity index (χ1n) is 8.50. The first-order chi connectivity index (χ1) is 10.6. The minimum absolute atomic E-state index is 0. The van der Waals surface area contributed by atoms with Crippen molar-refractivity contribution < 1.29 is 34.6 Å². The van der Waals surface area contributed by atoms with E-state index in [1.165, 1.54) is 70.8 Å². The molecule has 7 heteroatoms. The molecule has 0 atom stereocenters. The van der Waals surface area contributed by atoms with Gasteiger partial charge >= 0.3 is 29.6 Å². The van der Waals surface area contributed by atoms with Crippen LogP contribution in [-0.4, -0.2) is 35.1 Å². The Bertz CT molecular complexity index is 300. The Morgan fingerprint density at radius 1 is 0.913 bits per heavy atom. The van der Waals surface area contributed by atoms with Crippen LogP contribution in [0.3, 0.4) is 0 Å². The summed E-state index contributed by atoms with van der Waals surface area (Å²) in [7, 11) is 2.13. The van der Waals surface area contributed by atoms with Crippen LogP contribution >= 0.6 is 0 Å². The van der Waals surface area contributed by atoms with Gasteiger partial charge < -0.3 is 25.1 Å². The van der Waals surface area contributed by atoms with Gasteiger partial charge in [-0.2, -0.15) is 0 Å². The fourth-order valence-electron chi connectivity index (χ4n) is 2.54. The molecule has 6 nitrogen and oxygen atoms in total. The molecule has 1 aliphatic rings. The minimum atomic E-state index is -1.75. The van der Waals surface area contributed by atoms with Crippen LogP contribution in [0.15, 0.2) is 12.4 Å². The molecule has 0 aromatic carbocycles. The first kappa shape index (κ1) is 24.8. The van der Waals surface area contributed by atoms with Crippen molar-refractivity contribution in [2.45, 2.75) is 71.1 Å². The van der Waals surface area contributed by atoms with Crippen molar-refractivity contribution in [1.82, 2.24) is 9.80 Å². The Kier molecular flexibility index (Phi) is 19.3. The molecule has 0 aromatic rings. The van der Waals surface area contributed by atoms with Gasteiger partial charge in [0.25, 0.3) is 0 Å². The second-order valence-electron chi connectivity index (χ2n) is 5.91. The van der Waals surface area contributed by atoms with Crippen LogP contribution in [-0.2, 0) is 0 Å². The predicted molar refractivity (Wildman–Crippen MR) is 90.7 cm³/mol. The van der Waals surface area contributed by atoms with E-state index in [1.807, 2.05) is 0 Å². The summed E-state index contributed by atoms with van der Waals surface area (Å²) in [6.45, 7) is 4.60. The maximum atomic E-state index is 8.25. The van der Waals surface area contributed by atoms with Crippen molar-refractivity contribution in [2.75, 3.05) is 20.3 Å². The Balaban J connectivity index is 0. The molecule has 130 valence electrons. The predicted octanol–water partition coefficient (Wildman–Crippen LogP) is 1.35. The van der Waals surface area contributed by atoms with Crippen LogP contribution in [0.5, 0.6) is 0 Å². The Morgan fingerprint density at radius 2 is 1.35 bits per heavy atom. The average Bonchev–Trinajstić information content (AvgIpc) is 2.86. The fraction of sp³-hybridized carbons (Fsp3) is 0.875. The van der Waals surface area contributed by atoms with E-state index < -0.39 is 5.09 Å². The number of hydrogen-bond acceptors (Lipinski definition) is 5. The van der Waals surface area contributed by atoms with Gasteiger partial charge in [0.15, 0.2) is 0 Å². The quantitative estimate of drug-likeness (QED) is 0.246. The molecule has 0 saturated heterocycles. The normalized spacial score (nSPS) is 12.6. The molecule has 0 saturated carbocycles. The van der Waals surface area contributed by atoms with E-state index in [1.54, 1.807) is 0 Å². The zero-order valence-electron chi connectivity index (χ0n) is 15.2. The second kappa shape index (κ2) is 17.9. The van der Waals surface area contributed by atoms with E-state index in [0.29, 0.717) is 0 Å². The Morgan fingerprint density at radius 3 is 1.74 bits per heavy atom. The molecular formula is C16H32N3NaO3. The third-order valence-electron chi connectivity index (χ3n) is 3.74. The molecule has 1 rings (SSSR count). The molecule has 1 aliphatic heterocycles. The molecule has 0 spiro atoms. The molecule has 0 aromatic heterocycles. The van der Waals surface area contributed by atoms with Crippen molar-refractivity contribution in [2.24, 2.45) is 0 Å². The van der Waals surface area contributed by atoms with Gasteiger partial charge in [-0.05, 0) is 6.42 Å². The standard InChI is InChI=1S/C16H32N2.NO3.Na/c1-3-4-5-6-7-8-9-10-11-12-13-18-15-14-17(2)16-18;2-1(3)4;/h14-15H,3-13,16H2,1-2H3;;/q;-1;+1. The Hall–Kier alpha value is -0.460. The van der Waals surface area contributed by atoms with Crippen LogP contribution < -0.4 is 29.6 Å².